The van der Waals surface area contributed by atoms with Crippen LogP contribution in [0.1, 0.15) is 0 Å². The predicted octanol–water partition coefficient (Wildman–Crippen LogP) is 5.60. The third-order valence-corrected chi connectivity index (χ3v) is 6.72. The van der Waals surface area contributed by atoms with Crippen molar-refractivity contribution >= 4 is 52.6 Å². The van der Waals surface area contributed by atoms with E-state index in [0.29, 0.717) is 21.5 Å². The molecular weight excluding hydrogens is 514 g/mol. The third-order valence-electron chi connectivity index (χ3n) is 4.76. The van der Waals surface area contributed by atoms with Crippen molar-refractivity contribution in [2.45, 2.75) is 11.0 Å². The Labute approximate surface area is 187 Å². The van der Waals surface area contributed by atoms with Crippen LogP contribution < -0.4 is 8.37 Å². The minimum atomic E-state index is -5.99. The summed E-state index contributed by atoms with van der Waals surface area (Å²) in [5.41, 5.74) is -11.4. The van der Waals surface area contributed by atoms with Crippen molar-refractivity contribution in [1.29, 1.82) is 0 Å². The first kappa shape index (κ1) is 23.9. The second-order valence-electron chi connectivity index (χ2n) is 6.93. The van der Waals surface area contributed by atoms with E-state index in [4.69, 9.17) is 0 Å². The van der Waals surface area contributed by atoms with Crippen molar-refractivity contribution in [2.75, 3.05) is 0 Å². The highest BCUT2D eigenvalue weighted by molar-refractivity contribution is 7.88. The maximum atomic E-state index is 12.7. The molecule has 0 aliphatic carbocycles. The molecule has 0 spiro atoms. The van der Waals surface area contributed by atoms with Crippen LogP contribution in [-0.4, -0.2) is 27.9 Å². The van der Waals surface area contributed by atoms with Crippen LogP contribution in [0.3, 0.4) is 0 Å². The van der Waals surface area contributed by atoms with Crippen molar-refractivity contribution in [3.63, 3.8) is 0 Å². The standard InChI is InChI=1S/C20H10F6O6S2/c21-19(22,23)33(27,28)31-11-5-7-15-13-3-1-2-4-14(13)16-8-6-12(10-18(16)17(15)9-11)32-34(29,30)20(24,25)26/h1-10H. The highest BCUT2D eigenvalue weighted by Gasteiger charge is 2.49. The van der Waals surface area contributed by atoms with E-state index >= 15 is 0 Å². The van der Waals surface area contributed by atoms with Crippen LogP contribution in [0.5, 0.6) is 11.5 Å². The van der Waals surface area contributed by atoms with Crippen LogP contribution in [0.2, 0.25) is 0 Å². The quantitative estimate of drug-likeness (QED) is 0.150. The molecule has 0 N–H and O–H groups in total. The van der Waals surface area contributed by atoms with Crippen LogP contribution in [0.15, 0.2) is 60.7 Å². The van der Waals surface area contributed by atoms with E-state index in [0.717, 1.165) is 24.3 Å². The van der Waals surface area contributed by atoms with Gasteiger partial charge in [-0.15, -0.1) is 0 Å². The summed E-state index contributed by atoms with van der Waals surface area (Å²) in [4.78, 5) is 0. The topological polar surface area (TPSA) is 86.7 Å². The van der Waals surface area contributed by atoms with Crippen LogP contribution in [0.4, 0.5) is 26.3 Å². The average molecular weight is 524 g/mol. The molecule has 14 heteroatoms. The van der Waals surface area contributed by atoms with Gasteiger partial charge in [-0.2, -0.15) is 43.2 Å². The van der Waals surface area contributed by atoms with E-state index in [-0.39, 0.29) is 10.8 Å². The van der Waals surface area contributed by atoms with Crippen LogP contribution >= 0.6 is 0 Å². The van der Waals surface area contributed by atoms with Gasteiger partial charge in [-0.3, -0.25) is 0 Å². The van der Waals surface area contributed by atoms with Gasteiger partial charge < -0.3 is 8.37 Å². The van der Waals surface area contributed by atoms with Gasteiger partial charge in [0.2, 0.25) is 0 Å². The Morgan fingerprint density at radius 1 is 0.500 bits per heavy atom. The zero-order chi connectivity index (χ0) is 25.1. The molecule has 4 aromatic carbocycles. The van der Waals surface area contributed by atoms with Gasteiger partial charge >= 0.3 is 31.3 Å². The summed E-state index contributed by atoms with van der Waals surface area (Å²) in [6.07, 6.45) is 0. The Hall–Kier alpha value is -3.26. The molecule has 4 rings (SSSR count). The molecule has 0 atom stereocenters. The number of hydrogen-bond donors (Lipinski definition) is 0. The molecule has 0 heterocycles. The fraction of sp³-hybridized carbons (Fsp3) is 0.100. The molecule has 0 unspecified atom stereocenters. The lowest BCUT2D eigenvalue weighted by Crippen LogP contribution is -2.28. The summed E-state index contributed by atoms with van der Waals surface area (Å²) in [6, 6.07) is 13.1. The molecule has 180 valence electrons. The second kappa shape index (κ2) is 7.63. The number of benzene rings is 4. The van der Waals surface area contributed by atoms with Gasteiger partial charge in [-0.1, -0.05) is 24.3 Å². The minimum absolute atomic E-state index is 0.0819. The van der Waals surface area contributed by atoms with Gasteiger partial charge in [-0.05, 0) is 68.7 Å². The minimum Gasteiger partial charge on any atom is -0.376 e. The van der Waals surface area contributed by atoms with Crippen molar-refractivity contribution in [2.24, 2.45) is 0 Å². The first-order valence-corrected chi connectivity index (χ1v) is 11.8. The average Bonchev–Trinajstić information content (AvgIpc) is 2.71. The van der Waals surface area contributed by atoms with Crippen molar-refractivity contribution in [3.05, 3.63) is 60.7 Å². The largest absolute Gasteiger partial charge is 0.534 e. The molecule has 0 fully saturated rings. The van der Waals surface area contributed by atoms with Crippen LogP contribution in [0, 0.1) is 0 Å². The highest BCUT2D eigenvalue weighted by atomic mass is 32.2. The maximum Gasteiger partial charge on any atom is 0.534 e. The zero-order valence-electron chi connectivity index (χ0n) is 16.3. The molecule has 0 saturated heterocycles. The van der Waals surface area contributed by atoms with Gasteiger partial charge in [0, 0.05) is 0 Å². The second-order valence-corrected chi connectivity index (χ2v) is 10.0. The van der Waals surface area contributed by atoms with E-state index in [1.807, 2.05) is 0 Å². The molecule has 0 aliphatic rings. The van der Waals surface area contributed by atoms with E-state index in [1.54, 1.807) is 24.3 Å². The van der Waals surface area contributed by atoms with Gasteiger partial charge in [0.1, 0.15) is 11.5 Å². The summed E-state index contributed by atoms with van der Waals surface area (Å²) in [5, 5.41) is 2.11. The highest BCUT2D eigenvalue weighted by Crippen LogP contribution is 2.39. The first-order chi connectivity index (χ1) is 15.6. The summed E-state index contributed by atoms with van der Waals surface area (Å²) in [6.45, 7) is 0. The van der Waals surface area contributed by atoms with Crippen LogP contribution in [-0.2, 0) is 20.2 Å². The molecule has 34 heavy (non-hydrogen) atoms. The molecule has 6 nitrogen and oxygen atoms in total. The SMILES string of the molecule is O=S(=O)(Oc1ccc2c3ccccc3c3ccc(OS(=O)(=O)C(F)(F)F)cc3c2c1)C(F)(F)F. The number of hydrogen-bond acceptors (Lipinski definition) is 6. The molecule has 0 aliphatic heterocycles. The number of rotatable bonds is 4. The fourth-order valence-corrected chi connectivity index (χ4v) is 4.27. The Morgan fingerprint density at radius 2 is 0.824 bits per heavy atom. The van der Waals surface area contributed by atoms with Crippen LogP contribution in [0.25, 0.3) is 32.3 Å². The smallest absolute Gasteiger partial charge is 0.376 e. The van der Waals surface area contributed by atoms with E-state index < -0.39 is 42.8 Å². The molecule has 4 aromatic rings. The van der Waals surface area contributed by atoms with E-state index in [2.05, 4.69) is 8.37 Å². The molecule has 0 bridgehead atoms. The molecular formula is C20H10F6O6S2. The van der Waals surface area contributed by atoms with E-state index in [9.17, 15) is 43.2 Å². The summed E-state index contributed by atoms with van der Waals surface area (Å²) in [7, 11) is -12.0. The molecule has 0 radical (unpaired) electrons. The van der Waals surface area contributed by atoms with Gasteiger partial charge in [-0.25, -0.2) is 0 Å². The third kappa shape index (κ3) is 4.07. The predicted molar refractivity (Wildman–Crippen MR) is 110 cm³/mol. The molecule has 0 saturated carbocycles. The van der Waals surface area contributed by atoms with Gasteiger partial charge in [0.05, 0.1) is 0 Å². The van der Waals surface area contributed by atoms with E-state index in [1.165, 1.54) is 12.1 Å². The number of fused-ring (bicyclic) bond motifs is 6. The molecule has 0 aromatic heterocycles. The van der Waals surface area contributed by atoms with Crippen molar-refractivity contribution in [1.82, 2.24) is 0 Å². The zero-order valence-corrected chi connectivity index (χ0v) is 17.9. The summed E-state index contributed by atoms with van der Waals surface area (Å²) >= 11 is 0. The summed E-state index contributed by atoms with van der Waals surface area (Å²) < 4.78 is 130. The Morgan fingerprint density at radius 3 is 1.15 bits per heavy atom. The number of halogens is 6. The Bertz CT molecular complexity index is 1530. The summed E-state index contributed by atoms with van der Waals surface area (Å²) in [5.74, 6) is -1.42. The lowest BCUT2D eigenvalue weighted by atomic mass is 9.94. The Kier molecular flexibility index (Phi) is 5.36. The van der Waals surface area contributed by atoms with Gasteiger partial charge in [0.25, 0.3) is 0 Å². The number of alkyl halides is 6. The fourth-order valence-electron chi connectivity index (χ4n) is 3.37. The van der Waals surface area contributed by atoms with Crippen molar-refractivity contribution in [3.8, 4) is 11.5 Å². The molecule has 0 amide bonds. The Balaban J connectivity index is 1.99. The van der Waals surface area contributed by atoms with Crippen molar-refractivity contribution < 1.29 is 51.5 Å². The monoisotopic (exact) mass is 524 g/mol. The maximum absolute atomic E-state index is 12.7. The van der Waals surface area contributed by atoms with Gasteiger partial charge in [0.15, 0.2) is 0 Å². The normalized spacial score (nSPS) is 13.5. The lowest BCUT2D eigenvalue weighted by Gasteiger charge is -2.14. The first-order valence-electron chi connectivity index (χ1n) is 9.00. The lowest BCUT2D eigenvalue weighted by molar-refractivity contribution is -0.0504.